The molecule has 1 heterocycles. The van der Waals surface area contributed by atoms with Gasteiger partial charge in [0.15, 0.2) is 0 Å². The maximum atomic E-state index is 5.72. The van der Waals surface area contributed by atoms with Gasteiger partial charge in [0.1, 0.15) is 12.4 Å². The molecule has 2 aromatic carbocycles. The number of aryl methyl sites for hydroxylation is 1. The Balaban J connectivity index is 1.69. The maximum absolute atomic E-state index is 5.72. The summed E-state index contributed by atoms with van der Waals surface area (Å²) in [6.45, 7) is 6.40. The Bertz CT molecular complexity index is 775. The molecule has 0 aromatic heterocycles. The Hall–Kier alpha value is -2.48. The monoisotopic (exact) mass is 317 g/mol. The van der Waals surface area contributed by atoms with Crippen LogP contribution in [0.5, 0.6) is 5.75 Å². The number of nitrogens with one attached hydrogen (secondary N) is 1. The van der Waals surface area contributed by atoms with Gasteiger partial charge in [0.25, 0.3) is 0 Å². The van der Waals surface area contributed by atoms with Gasteiger partial charge in [-0.2, -0.15) is 0 Å². The normalized spacial score (nSPS) is 24.0. The standard InChI is InChI=1S/C22H23NO/c1-3-13-24-17-11-12-21-20(14-17)18-5-4-6-19(18)22(23-21)16-9-7-15(2)8-10-16/h3-5,7-12,14,18-19,22-23H,1,6,13H2,2H3. The first-order chi connectivity index (χ1) is 11.8. The Morgan fingerprint density at radius 3 is 2.83 bits per heavy atom. The molecule has 3 unspecified atom stereocenters. The van der Waals surface area contributed by atoms with E-state index < -0.39 is 0 Å². The fourth-order valence-corrected chi connectivity index (χ4v) is 3.92. The van der Waals surface area contributed by atoms with Crippen molar-refractivity contribution in [1.29, 1.82) is 0 Å². The molecule has 0 fully saturated rings. The zero-order valence-electron chi connectivity index (χ0n) is 14.0. The second-order valence-electron chi connectivity index (χ2n) is 6.73. The molecule has 0 radical (unpaired) electrons. The first-order valence-corrected chi connectivity index (χ1v) is 8.63. The van der Waals surface area contributed by atoms with E-state index in [4.69, 9.17) is 4.74 Å². The molecule has 1 N–H and O–H groups in total. The Kier molecular flexibility index (Phi) is 3.89. The SMILES string of the molecule is C=CCOc1ccc2c(c1)C1C=CCC1C(c1ccc(C)cc1)N2. The lowest BCUT2D eigenvalue weighted by molar-refractivity contribution is 0.361. The highest BCUT2D eigenvalue weighted by Crippen LogP contribution is 2.50. The number of anilines is 1. The Morgan fingerprint density at radius 2 is 2.04 bits per heavy atom. The summed E-state index contributed by atoms with van der Waals surface area (Å²) in [5.41, 5.74) is 5.25. The zero-order chi connectivity index (χ0) is 16.5. The van der Waals surface area contributed by atoms with E-state index >= 15 is 0 Å². The average Bonchev–Trinajstić information content (AvgIpc) is 3.10. The number of allylic oxidation sites excluding steroid dienone is 2. The van der Waals surface area contributed by atoms with Crippen molar-refractivity contribution in [3.63, 3.8) is 0 Å². The van der Waals surface area contributed by atoms with Crippen LogP contribution in [-0.4, -0.2) is 6.61 Å². The van der Waals surface area contributed by atoms with E-state index in [2.05, 4.69) is 67.4 Å². The molecule has 0 saturated carbocycles. The van der Waals surface area contributed by atoms with Gasteiger partial charge in [0.05, 0.1) is 6.04 Å². The minimum absolute atomic E-state index is 0.359. The lowest BCUT2D eigenvalue weighted by atomic mass is 9.77. The molecule has 2 nitrogen and oxygen atoms in total. The van der Waals surface area contributed by atoms with Gasteiger partial charge in [-0.1, -0.05) is 54.6 Å². The van der Waals surface area contributed by atoms with E-state index in [1.807, 2.05) is 6.07 Å². The third kappa shape index (κ3) is 2.62. The van der Waals surface area contributed by atoms with Crippen molar-refractivity contribution in [2.24, 2.45) is 5.92 Å². The summed E-state index contributed by atoms with van der Waals surface area (Å²) >= 11 is 0. The van der Waals surface area contributed by atoms with E-state index in [-0.39, 0.29) is 0 Å². The molecule has 0 saturated heterocycles. The van der Waals surface area contributed by atoms with E-state index in [0.29, 0.717) is 24.5 Å². The van der Waals surface area contributed by atoms with Crippen LogP contribution in [0.25, 0.3) is 0 Å². The van der Waals surface area contributed by atoms with Gasteiger partial charge in [-0.25, -0.2) is 0 Å². The second kappa shape index (κ2) is 6.20. The van der Waals surface area contributed by atoms with Crippen molar-refractivity contribution in [2.75, 3.05) is 11.9 Å². The molecule has 2 aliphatic rings. The quantitative estimate of drug-likeness (QED) is 0.764. The van der Waals surface area contributed by atoms with E-state index in [1.165, 1.54) is 22.4 Å². The molecule has 1 aliphatic carbocycles. The fraction of sp³-hybridized carbons (Fsp3) is 0.273. The van der Waals surface area contributed by atoms with Crippen molar-refractivity contribution in [2.45, 2.75) is 25.3 Å². The largest absolute Gasteiger partial charge is 0.490 e. The Morgan fingerprint density at radius 1 is 1.21 bits per heavy atom. The summed E-state index contributed by atoms with van der Waals surface area (Å²) in [5.74, 6) is 1.94. The number of fused-ring (bicyclic) bond motifs is 3. The third-order valence-electron chi connectivity index (χ3n) is 5.14. The summed E-state index contributed by atoms with van der Waals surface area (Å²) in [7, 11) is 0. The molecule has 24 heavy (non-hydrogen) atoms. The molecule has 122 valence electrons. The third-order valence-corrected chi connectivity index (χ3v) is 5.14. The number of hydrogen-bond donors (Lipinski definition) is 1. The van der Waals surface area contributed by atoms with Crippen LogP contribution in [0.1, 0.15) is 35.1 Å². The number of benzene rings is 2. The molecule has 2 aromatic rings. The fourth-order valence-electron chi connectivity index (χ4n) is 3.92. The molecular weight excluding hydrogens is 294 g/mol. The molecule has 3 atom stereocenters. The van der Waals surface area contributed by atoms with Crippen molar-refractivity contribution in [1.82, 2.24) is 0 Å². The number of rotatable bonds is 4. The van der Waals surface area contributed by atoms with Gasteiger partial charge >= 0.3 is 0 Å². The first kappa shape index (κ1) is 15.1. The summed E-state index contributed by atoms with van der Waals surface area (Å²) in [6.07, 6.45) is 7.59. The lowest BCUT2D eigenvalue weighted by Crippen LogP contribution is -2.29. The van der Waals surface area contributed by atoms with Crippen LogP contribution in [-0.2, 0) is 0 Å². The summed E-state index contributed by atoms with van der Waals surface area (Å²) in [4.78, 5) is 0. The highest BCUT2D eigenvalue weighted by Gasteiger charge is 2.37. The predicted octanol–water partition coefficient (Wildman–Crippen LogP) is 5.39. The summed E-state index contributed by atoms with van der Waals surface area (Å²) in [5, 5.41) is 3.77. The Labute approximate surface area is 143 Å². The van der Waals surface area contributed by atoms with Crippen LogP contribution in [0, 0.1) is 12.8 Å². The molecule has 1 aliphatic heterocycles. The van der Waals surface area contributed by atoms with Gasteiger partial charge in [0, 0.05) is 11.6 Å². The van der Waals surface area contributed by atoms with Crippen molar-refractivity contribution >= 4 is 5.69 Å². The number of ether oxygens (including phenoxy) is 1. The van der Waals surface area contributed by atoms with Crippen LogP contribution in [0.3, 0.4) is 0 Å². The highest BCUT2D eigenvalue weighted by molar-refractivity contribution is 5.61. The van der Waals surface area contributed by atoms with E-state index in [1.54, 1.807) is 6.08 Å². The zero-order valence-corrected chi connectivity index (χ0v) is 14.0. The second-order valence-corrected chi connectivity index (χ2v) is 6.73. The first-order valence-electron chi connectivity index (χ1n) is 8.63. The van der Waals surface area contributed by atoms with Crippen LogP contribution < -0.4 is 10.1 Å². The van der Waals surface area contributed by atoms with Crippen LogP contribution >= 0.6 is 0 Å². The van der Waals surface area contributed by atoms with E-state index in [0.717, 1.165) is 12.2 Å². The summed E-state index contributed by atoms with van der Waals surface area (Å²) < 4.78 is 5.72. The lowest BCUT2D eigenvalue weighted by Gasteiger charge is -2.37. The van der Waals surface area contributed by atoms with Crippen molar-refractivity contribution in [3.05, 3.63) is 84.0 Å². The molecule has 0 bridgehead atoms. The molecule has 0 spiro atoms. The minimum Gasteiger partial charge on any atom is -0.490 e. The molecular formula is C22H23NO. The molecule has 4 rings (SSSR count). The van der Waals surface area contributed by atoms with Crippen molar-refractivity contribution in [3.8, 4) is 5.75 Å². The van der Waals surface area contributed by atoms with Gasteiger partial charge < -0.3 is 10.1 Å². The van der Waals surface area contributed by atoms with Crippen LogP contribution in [0.15, 0.2) is 67.3 Å². The van der Waals surface area contributed by atoms with Crippen LogP contribution in [0.2, 0.25) is 0 Å². The maximum Gasteiger partial charge on any atom is 0.120 e. The van der Waals surface area contributed by atoms with Gasteiger partial charge in [0.2, 0.25) is 0 Å². The smallest absolute Gasteiger partial charge is 0.120 e. The molecule has 2 heteroatoms. The number of hydrogen-bond acceptors (Lipinski definition) is 2. The molecule has 0 amide bonds. The average molecular weight is 317 g/mol. The highest BCUT2D eigenvalue weighted by atomic mass is 16.5. The van der Waals surface area contributed by atoms with Gasteiger partial charge in [-0.15, -0.1) is 0 Å². The summed E-state index contributed by atoms with van der Waals surface area (Å²) in [6, 6.07) is 15.7. The van der Waals surface area contributed by atoms with Crippen molar-refractivity contribution < 1.29 is 4.74 Å². The predicted molar refractivity (Wildman–Crippen MR) is 99.7 cm³/mol. The minimum atomic E-state index is 0.359. The van der Waals surface area contributed by atoms with Gasteiger partial charge in [-0.3, -0.25) is 0 Å². The van der Waals surface area contributed by atoms with E-state index in [9.17, 15) is 0 Å². The van der Waals surface area contributed by atoms with Gasteiger partial charge in [-0.05, 0) is 48.6 Å². The van der Waals surface area contributed by atoms with Crippen LogP contribution in [0.4, 0.5) is 5.69 Å². The topological polar surface area (TPSA) is 21.3 Å².